The zero-order valence-corrected chi connectivity index (χ0v) is 17.0. The van der Waals surface area contributed by atoms with Gasteiger partial charge in [-0.3, -0.25) is 10.2 Å². The van der Waals surface area contributed by atoms with Crippen molar-refractivity contribution in [3.63, 3.8) is 0 Å². The molecule has 0 unspecified atom stereocenters. The summed E-state index contributed by atoms with van der Waals surface area (Å²) in [4.78, 5) is 24.0. The fourth-order valence-corrected chi connectivity index (χ4v) is 4.34. The maximum atomic E-state index is 13.8. The Balaban J connectivity index is 1.67. The van der Waals surface area contributed by atoms with Gasteiger partial charge in [0.15, 0.2) is 0 Å². The first-order valence-electron chi connectivity index (χ1n) is 10.3. The van der Waals surface area contributed by atoms with Gasteiger partial charge in [0, 0.05) is 17.2 Å². The molecule has 1 saturated carbocycles. The van der Waals surface area contributed by atoms with Gasteiger partial charge >= 0.3 is 6.03 Å². The number of hydrogen-bond acceptors (Lipinski definition) is 7. The standard InChI is InChI=1S/C20H22FN9O/c1-11-9-12(21)7-8-14(11)16-15-10-22-20(31)30(13-5-3-2-4-6-13)17(15)24-18(23-16)25-19-26-28-29-27-19/h7-9,13H,2-6,10H2,1H3,(H,22,31)(H2,23,24,25,26,27,28,29). The molecule has 11 heteroatoms. The highest BCUT2D eigenvalue weighted by molar-refractivity contribution is 5.96. The highest BCUT2D eigenvalue weighted by atomic mass is 19.1. The molecule has 31 heavy (non-hydrogen) atoms. The van der Waals surface area contributed by atoms with Crippen molar-refractivity contribution in [2.75, 3.05) is 10.2 Å². The van der Waals surface area contributed by atoms with E-state index in [1.165, 1.54) is 18.6 Å². The molecule has 0 spiro atoms. The van der Waals surface area contributed by atoms with E-state index in [1.807, 2.05) is 6.92 Å². The Labute approximate surface area is 177 Å². The molecule has 0 bridgehead atoms. The lowest BCUT2D eigenvalue weighted by atomic mass is 9.93. The van der Waals surface area contributed by atoms with Crippen LogP contribution in [0.15, 0.2) is 18.2 Å². The smallest absolute Gasteiger partial charge is 0.323 e. The fraction of sp³-hybridized carbons (Fsp3) is 0.400. The van der Waals surface area contributed by atoms with Crippen molar-refractivity contribution in [1.82, 2.24) is 35.9 Å². The number of hydrogen-bond donors (Lipinski definition) is 3. The van der Waals surface area contributed by atoms with Gasteiger partial charge in [0.1, 0.15) is 11.6 Å². The van der Waals surface area contributed by atoms with Crippen molar-refractivity contribution in [1.29, 1.82) is 0 Å². The number of nitrogens with one attached hydrogen (secondary N) is 3. The van der Waals surface area contributed by atoms with Crippen molar-refractivity contribution >= 4 is 23.7 Å². The molecule has 3 aromatic rings. The second-order valence-electron chi connectivity index (χ2n) is 7.84. The summed E-state index contributed by atoms with van der Waals surface area (Å²) < 4.78 is 13.8. The van der Waals surface area contributed by atoms with E-state index in [0.717, 1.165) is 42.4 Å². The van der Waals surface area contributed by atoms with E-state index in [4.69, 9.17) is 0 Å². The molecular weight excluding hydrogens is 401 g/mol. The van der Waals surface area contributed by atoms with Crippen LogP contribution < -0.4 is 15.5 Å². The minimum atomic E-state index is -0.313. The molecule has 3 heterocycles. The minimum Gasteiger partial charge on any atom is -0.333 e. The van der Waals surface area contributed by atoms with Crippen LogP contribution in [-0.4, -0.2) is 42.7 Å². The summed E-state index contributed by atoms with van der Waals surface area (Å²) in [5.74, 6) is 0.711. The van der Waals surface area contributed by atoms with Crippen molar-refractivity contribution in [3.05, 3.63) is 35.1 Å². The number of amides is 2. The normalized spacial score (nSPS) is 16.7. The van der Waals surface area contributed by atoms with Gasteiger partial charge < -0.3 is 5.32 Å². The van der Waals surface area contributed by atoms with Crippen LogP contribution in [0, 0.1) is 12.7 Å². The molecule has 2 aliphatic rings. The summed E-state index contributed by atoms with van der Waals surface area (Å²) in [5.41, 5.74) is 2.95. The molecular formula is C20H22FN9O. The van der Waals surface area contributed by atoms with Crippen LogP contribution in [0.5, 0.6) is 0 Å². The van der Waals surface area contributed by atoms with E-state index in [1.54, 1.807) is 11.0 Å². The molecule has 1 aliphatic heterocycles. The first-order valence-corrected chi connectivity index (χ1v) is 10.3. The number of halogens is 1. The first-order chi connectivity index (χ1) is 15.1. The van der Waals surface area contributed by atoms with E-state index in [9.17, 15) is 9.18 Å². The lowest BCUT2D eigenvalue weighted by Crippen LogP contribution is -2.51. The number of carbonyl (C=O) groups is 1. The van der Waals surface area contributed by atoms with Gasteiger partial charge in [0.25, 0.3) is 5.95 Å². The molecule has 3 N–H and O–H groups in total. The van der Waals surface area contributed by atoms with Crippen LogP contribution in [0.1, 0.15) is 43.2 Å². The number of rotatable bonds is 4. The average Bonchev–Trinajstić information content (AvgIpc) is 3.27. The number of aryl methyl sites for hydroxylation is 1. The van der Waals surface area contributed by atoms with Crippen LogP contribution in [0.4, 0.5) is 26.9 Å². The van der Waals surface area contributed by atoms with Gasteiger partial charge in [-0.05, 0) is 48.7 Å². The van der Waals surface area contributed by atoms with E-state index in [2.05, 4.69) is 41.2 Å². The van der Waals surface area contributed by atoms with E-state index in [0.29, 0.717) is 18.1 Å². The average molecular weight is 423 g/mol. The first kappa shape index (κ1) is 19.3. The van der Waals surface area contributed by atoms with Gasteiger partial charge in [-0.15, -0.1) is 5.10 Å². The minimum absolute atomic E-state index is 0.0721. The van der Waals surface area contributed by atoms with Crippen LogP contribution in [0.2, 0.25) is 0 Å². The van der Waals surface area contributed by atoms with Crippen molar-refractivity contribution < 1.29 is 9.18 Å². The summed E-state index contributed by atoms with van der Waals surface area (Å²) in [7, 11) is 0. The zero-order chi connectivity index (χ0) is 21.4. The lowest BCUT2D eigenvalue weighted by molar-refractivity contribution is 0.239. The topological polar surface area (TPSA) is 125 Å². The number of benzene rings is 1. The molecule has 0 atom stereocenters. The number of fused-ring (bicyclic) bond motifs is 1. The van der Waals surface area contributed by atoms with Gasteiger partial charge in [0.05, 0.1) is 12.2 Å². The Morgan fingerprint density at radius 3 is 2.74 bits per heavy atom. The summed E-state index contributed by atoms with van der Waals surface area (Å²) in [6, 6.07) is 4.49. The number of tetrazole rings is 1. The second kappa shape index (κ2) is 7.89. The third-order valence-electron chi connectivity index (χ3n) is 5.80. The number of aromatic amines is 1. The van der Waals surface area contributed by atoms with Gasteiger partial charge in [-0.25, -0.2) is 14.2 Å². The molecule has 1 aliphatic carbocycles. The zero-order valence-electron chi connectivity index (χ0n) is 17.0. The van der Waals surface area contributed by atoms with Crippen molar-refractivity contribution in [2.45, 2.75) is 51.6 Å². The Hall–Kier alpha value is -3.63. The van der Waals surface area contributed by atoms with E-state index in [-0.39, 0.29) is 29.8 Å². The van der Waals surface area contributed by atoms with Gasteiger partial charge in [-0.1, -0.05) is 24.4 Å². The molecule has 1 aromatic carbocycles. The third kappa shape index (κ3) is 3.66. The number of carbonyl (C=O) groups excluding carboxylic acids is 1. The Morgan fingerprint density at radius 2 is 2.00 bits per heavy atom. The predicted molar refractivity (Wildman–Crippen MR) is 111 cm³/mol. The maximum Gasteiger partial charge on any atom is 0.323 e. The number of aromatic nitrogens is 6. The molecule has 2 amide bonds. The molecule has 0 saturated heterocycles. The summed E-state index contributed by atoms with van der Waals surface area (Å²) in [6.45, 7) is 2.13. The highest BCUT2D eigenvalue weighted by Crippen LogP contribution is 2.37. The summed E-state index contributed by atoms with van der Waals surface area (Å²) in [5, 5.41) is 19.6. The lowest BCUT2D eigenvalue weighted by Gasteiger charge is -2.37. The largest absolute Gasteiger partial charge is 0.333 e. The Morgan fingerprint density at radius 1 is 1.16 bits per heavy atom. The predicted octanol–water partition coefficient (Wildman–Crippen LogP) is 3.21. The number of urea groups is 1. The molecule has 160 valence electrons. The van der Waals surface area contributed by atoms with Gasteiger partial charge in [-0.2, -0.15) is 10.2 Å². The summed E-state index contributed by atoms with van der Waals surface area (Å²) >= 11 is 0. The number of H-pyrrole nitrogens is 1. The summed E-state index contributed by atoms with van der Waals surface area (Å²) in [6.07, 6.45) is 5.18. The monoisotopic (exact) mass is 423 g/mol. The molecule has 0 radical (unpaired) electrons. The van der Waals surface area contributed by atoms with Crippen LogP contribution in [-0.2, 0) is 6.54 Å². The maximum absolute atomic E-state index is 13.8. The van der Waals surface area contributed by atoms with E-state index < -0.39 is 0 Å². The van der Waals surface area contributed by atoms with Crippen LogP contribution in [0.25, 0.3) is 11.3 Å². The third-order valence-corrected chi connectivity index (χ3v) is 5.80. The highest BCUT2D eigenvalue weighted by Gasteiger charge is 2.35. The number of nitrogens with zero attached hydrogens (tertiary/aromatic N) is 6. The molecule has 10 nitrogen and oxygen atoms in total. The Bertz CT molecular complexity index is 1110. The molecule has 5 rings (SSSR count). The van der Waals surface area contributed by atoms with Gasteiger partial charge in [0.2, 0.25) is 5.95 Å². The van der Waals surface area contributed by atoms with Crippen molar-refractivity contribution in [2.24, 2.45) is 0 Å². The number of anilines is 3. The second-order valence-corrected chi connectivity index (χ2v) is 7.84. The van der Waals surface area contributed by atoms with E-state index >= 15 is 0 Å². The van der Waals surface area contributed by atoms with Crippen LogP contribution in [0.3, 0.4) is 0 Å². The Kier molecular flexibility index (Phi) is 4.92. The molecule has 1 fully saturated rings. The quantitative estimate of drug-likeness (QED) is 0.588. The fourth-order valence-electron chi connectivity index (χ4n) is 4.34. The van der Waals surface area contributed by atoms with Crippen LogP contribution >= 0.6 is 0 Å². The van der Waals surface area contributed by atoms with Crippen molar-refractivity contribution in [3.8, 4) is 11.3 Å². The SMILES string of the molecule is Cc1cc(F)ccc1-c1nc(Nc2nn[nH]n2)nc2c1CNC(=O)N2C1CCCCC1. The molecule has 2 aromatic heterocycles.